The maximum absolute atomic E-state index is 13.8. The first-order valence-electron chi connectivity index (χ1n) is 14.0. The lowest BCUT2D eigenvalue weighted by molar-refractivity contribution is -0.132. The van der Waals surface area contributed by atoms with Crippen LogP contribution in [0.15, 0.2) is 103 Å². The number of aromatic nitrogens is 1. The van der Waals surface area contributed by atoms with Gasteiger partial charge in [0.15, 0.2) is 0 Å². The summed E-state index contributed by atoms with van der Waals surface area (Å²) in [5.41, 5.74) is 4.08. The highest BCUT2D eigenvalue weighted by Crippen LogP contribution is 2.23. The molecule has 5 aromatic rings. The van der Waals surface area contributed by atoms with E-state index < -0.39 is 0 Å². The van der Waals surface area contributed by atoms with Gasteiger partial charge in [0, 0.05) is 42.1 Å². The van der Waals surface area contributed by atoms with E-state index in [1.165, 1.54) is 10.9 Å². The van der Waals surface area contributed by atoms with Crippen molar-refractivity contribution in [3.05, 3.63) is 114 Å². The van der Waals surface area contributed by atoms with Crippen LogP contribution in [-0.4, -0.2) is 46.4 Å². The Morgan fingerprint density at radius 2 is 1.50 bits per heavy atom. The standard InChI is InChI=1S/C34H36N4O2/c1-2-3-21-38(34(40)36-32-19-11-15-27-14-7-8-16-29(27)32)25-33(39)37(24-26-12-5-4-6-13-26)22-20-28-23-35-31-18-10-9-17-30(28)31/h4-19,23,35H,2-3,20-22,24-25H2,1H3,(H,36,40). The fraction of sp³-hybridized carbons (Fsp3) is 0.235. The molecular formula is C34H36N4O2. The Balaban J connectivity index is 1.33. The van der Waals surface area contributed by atoms with Gasteiger partial charge in [-0.15, -0.1) is 0 Å². The van der Waals surface area contributed by atoms with E-state index in [-0.39, 0.29) is 18.5 Å². The third-order valence-corrected chi connectivity index (χ3v) is 7.32. The zero-order valence-corrected chi connectivity index (χ0v) is 23.0. The fourth-order valence-electron chi connectivity index (χ4n) is 5.08. The van der Waals surface area contributed by atoms with E-state index >= 15 is 0 Å². The van der Waals surface area contributed by atoms with Gasteiger partial charge in [0.05, 0.1) is 5.69 Å². The van der Waals surface area contributed by atoms with E-state index in [0.717, 1.165) is 46.8 Å². The van der Waals surface area contributed by atoms with Crippen molar-refractivity contribution in [2.75, 3.05) is 25.0 Å². The number of fused-ring (bicyclic) bond motifs is 2. The number of hydrogen-bond donors (Lipinski definition) is 2. The summed E-state index contributed by atoms with van der Waals surface area (Å²) in [7, 11) is 0. The first-order chi connectivity index (χ1) is 19.6. The molecule has 0 aliphatic carbocycles. The summed E-state index contributed by atoms with van der Waals surface area (Å²) < 4.78 is 0. The van der Waals surface area contributed by atoms with Gasteiger partial charge in [-0.3, -0.25) is 4.79 Å². The lowest BCUT2D eigenvalue weighted by Crippen LogP contribution is -2.45. The second-order valence-corrected chi connectivity index (χ2v) is 10.1. The topological polar surface area (TPSA) is 68.4 Å². The summed E-state index contributed by atoms with van der Waals surface area (Å²) >= 11 is 0. The van der Waals surface area contributed by atoms with Crippen LogP contribution in [0.1, 0.15) is 30.9 Å². The van der Waals surface area contributed by atoms with Gasteiger partial charge in [-0.2, -0.15) is 0 Å². The van der Waals surface area contributed by atoms with Gasteiger partial charge in [-0.1, -0.05) is 98.3 Å². The number of nitrogens with one attached hydrogen (secondary N) is 2. The van der Waals surface area contributed by atoms with Gasteiger partial charge >= 0.3 is 6.03 Å². The third kappa shape index (κ3) is 6.52. The minimum atomic E-state index is -0.255. The number of aromatic amines is 1. The molecule has 0 atom stereocenters. The number of carbonyl (C=O) groups is 2. The minimum Gasteiger partial charge on any atom is -0.361 e. The number of para-hydroxylation sites is 1. The van der Waals surface area contributed by atoms with Crippen LogP contribution in [0.2, 0.25) is 0 Å². The number of hydrogen-bond acceptors (Lipinski definition) is 2. The van der Waals surface area contributed by atoms with E-state index in [4.69, 9.17) is 0 Å². The van der Waals surface area contributed by atoms with Gasteiger partial charge < -0.3 is 20.1 Å². The number of benzene rings is 4. The van der Waals surface area contributed by atoms with Gasteiger partial charge in [0.1, 0.15) is 6.54 Å². The Morgan fingerprint density at radius 3 is 2.33 bits per heavy atom. The van der Waals surface area contributed by atoms with Crippen molar-refractivity contribution in [1.29, 1.82) is 0 Å². The Morgan fingerprint density at radius 1 is 0.775 bits per heavy atom. The van der Waals surface area contributed by atoms with Crippen molar-refractivity contribution in [2.45, 2.75) is 32.7 Å². The summed E-state index contributed by atoms with van der Waals surface area (Å²) in [6, 6.07) is 31.8. The SMILES string of the molecule is CCCCN(CC(=O)N(CCc1c[nH]c2ccccc12)Cc1ccccc1)C(=O)Nc1cccc2ccccc12. The summed E-state index contributed by atoms with van der Waals surface area (Å²) in [5.74, 6) is -0.0622. The minimum absolute atomic E-state index is 0.0251. The average molecular weight is 533 g/mol. The van der Waals surface area contributed by atoms with Crippen LogP contribution in [0.5, 0.6) is 0 Å². The predicted molar refractivity (Wildman–Crippen MR) is 163 cm³/mol. The average Bonchev–Trinajstić information content (AvgIpc) is 3.41. The van der Waals surface area contributed by atoms with E-state index in [9.17, 15) is 9.59 Å². The molecule has 0 spiro atoms. The molecule has 0 radical (unpaired) electrons. The van der Waals surface area contributed by atoms with Gasteiger partial charge in [-0.25, -0.2) is 4.79 Å². The summed E-state index contributed by atoms with van der Waals surface area (Å²) in [6.45, 7) is 3.68. The molecule has 0 fully saturated rings. The Hall–Kier alpha value is -4.58. The number of H-pyrrole nitrogens is 1. The maximum atomic E-state index is 13.8. The molecule has 204 valence electrons. The molecule has 0 aliphatic rings. The number of unbranched alkanes of at least 4 members (excludes halogenated alkanes) is 1. The van der Waals surface area contributed by atoms with Gasteiger partial charge in [0.2, 0.25) is 5.91 Å². The summed E-state index contributed by atoms with van der Waals surface area (Å²) in [4.78, 5) is 34.2. The Kier molecular flexibility index (Phi) is 8.76. The number of urea groups is 1. The summed E-state index contributed by atoms with van der Waals surface area (Å²) in [6.07, 6.45) is 4.51. The van der Waals surface area contributed by atoms with Crippen molar-refractivity contribution in [1.82, 2.24) is 14.8 Å². The Labute approximate surface area is 235 Å². The highest BCUT2D eigenvalue weighted by molar-refractivity contribution is 6.02. The smallest absolute Gasteiger partial charge is 0.322 e. The number of amides is 3. The van der Waals surface area contributed by atoms with Crippen molar-refractivity contribution in [3.8, 4) is 0 Å². The van der Waals surface area contributed by atoms with Crippen LogP contribution < -0.4 is 5.32 Å². The third-order valence-electron chi connectivity index (χ3n) is 7.32. The van der Waals surface area contributed by atoms with Crippen LogP contribution in [0.3, 0.4) is 0 Å². The molecule has 0 unspecified atom stereocenters. The normalized spacial score (nSPS) is 11.0. The number of nitrogens with zero attached hydrogens (tertiary/aromatic N) is 2. The van der Waals surface area contributed by atoms with Crippen molar-refractivity contribution in [3.63, 3.8) is 0 Å². The van der Waals surface area contributed by atoms with E-state index in [2.05, 4.69) is 29.4 Å². The van der Waals surface area contributed by atoms with Gasteiger partial charge in [-0.05, 0) is 41.5 Å². The lowest BCUT2D eigenvalue weighted by Gasteiger charge is -2.28. The first-order valence-corrected chi connectivity index (χ1v) is 14.0. The molecule has 40 heavy (non-hydrogen) atoms. The molecule has 5 rings (SSSR count). The molecular weight excluding hydrogens is 496 g/mol. The highest BCUT2D eigenvalue weighted by atomic mass is 16.2. The fourth-order valence-corrected chi connectivity index (χ4v) is 5.08. The first kappa shape index (κ1) is 27.0. The highest BCUT2D eigenvalue weighted by Gasteiger charge is 2.22. The van der Waals surface area contributed by atoms with Crippen LogP contribution in [0, 0.1) is 0 Å². The molecule has 0 saturated carbocycles. The molecule has 6 heteroatoms. The van der Waals surface area contributed by atoms with Crippen LogP contribution >= 0.6 is 0 Å². The van der Waals surface area contributed by atoms with Gasteiger partial charge in [0.25, 0.3) is 0 Å². The number of anilines is 1. The van der Waals surface area contributed by atoms with Crippen LogP contribution in [0.4, 0.5) is 10.5 Å². The monoisotopic (exact) mass is 532 g/mol. The molecule has 6 nitrogen and oxygen atoms in total. The predicted octanol–water partition coefficient (Wildman–Crippen LogP) is 7.23. The molecule has 0 bridgehead atoms. The zero-order valence-electron chi connectivity index (χ0n) is 23.0. The number of rotatable bonds is 11. The van der Waals surface area contributed by atoms with E-state index in [1.807, 2.05) is 96.0 Å². The lowest BCUT2D eigenvalue weighted by atomic mass is 10.1. The quantitative estimate of drug-likeness (QED) is 0.188. The van der Waals surface area contributed by atoms with Crippen LogP contribution in [0.25, 0.3) is 21.7 Å². The molecule has 1 heterocycles. The summed E-state index contributed by atoms with van der Waals surface area (Å²) in [5, 5.41) is 6.28. The second-order valence-electron chi connectivity index (χ2n) is 10.1. The molecule has 4 aromatic carbocycles. The molecule has 2 N–H and O–H groups in total. The molecule has 0 aliphatic heterocycles. The van der Waals surface area contributed by atoms with Crippen molar-refractivity contribution < 1.29 is 9.59 Å². The molecule has 3 amide bonds. The number of carbonyl (C=O) groups excluding carboxylic acids is 2. The van der Waals surface area contributed by atoms with Crippen molar-refractivity contribution >= 4 is 39.3 Å². The molecule has 1 aromatic heterocycles. The molecule has 0 saturated heterocycles. The van der Waals surface area contributed by atoms with Crippen molar-refractivity contribution in [2.24, 2.45) is 0 Å². The Bertz CT molecular complexity index is 1570. The second kappa shape index (κ2) is 13.0. The van der Waals surface area contributed by atoms with E-state index in [0.29, 0.717) is 19.6 Å². The van der Waals surface area contributed by atoms with Crippen LogP contribution in [-0.2, 0) is 17.8 Å². The van der Waals surface area contributed by atoms with E-state index in [1.54, 1.807) is 4.90 Å². The maximum Gasteiger partial charge on any atom is 0.322 e. The largest absolute Gasteiger partial charge is 0.361 e. The zero-order chi connectivity index (χ0) is 27.7.